The highest BCUT2D eigenvalue weighted by atomic mass is 15.3. The van der Waals surface area contributed by atoms with Gasteiger partial charge in [-0.1, -0.05) is 18.2 Å². The lowest BCUT2D eigenvalue weighted by atomic mass is 10.3. The van der Waals surface area contributed by atoms with Gasteiger partial charge in [-0.3, -0.25) is 10.4 Å². The SMILES string of the molecule is CC(CN=C(NN)Nc1ccccc1)N(C)C. The number of likely N-dealkylation sites (N-methyl/N-ethyl adjacent to an activating group) is 1. The van der Waals surface area contributed by atoms with E-state index in [2.05, 4.69) is 27.6 Å². The van der Waals surface area contributed by atoms with Crippen LogP contribution in [0, 0.1) is 0 Å². The van der Waals surface area contributed by atoms with Gasteiger partial charge in [0, 0.05) is 11.7 Å². The molecule has 0 aliphatic carbocycles. The Morgan fingerprint density at radius 2 is 2.00 bits per heavy atom. The van der Waals surface area contributed by atoms with Crippen molar-refractivity contribution in [3.05, 3.63) is 30.3 Å². The number of guanidine groups is 1. The van der Waals surface area contributed by atoms with Crippen molar-refractivity contribution < 1.29 is 0 Å². The summed E-state index contributed by atoms with van der Waals surface area (Å²) < 4.78 is 0. The Morgan fingerprint density at radius 1 is 1.35 bits per heavy atom. The van der Waals surface area contributed by atoms with E-state index < -0.39 is 0 Å². The van der Waals surface area contributed by atoms with E-state index in [0.29, 0.717) is 18.5 Å². The molecule has 1 rings (SSSR count). The maximum absolute atomic E-state index is 5.43. The Kier molecular flexibility index (Phi) is 5.45. The van der Waals surface area contributed by atoms with E-state index >= 15 is 0 Å². The molecule has 0 fully saturated rings. The van der Waals surface area contributed by atoms with Crippen molar-refractivity contribution in [2.24, 2.45) is 10.8 Å². The molecule has 5 heteroatoms. The molecule has 0 saturated heterocycles. The Balaban J connectivity index is 2.57. The molecule has 0 saturated carbocycles. The lowest BCUT2D eigenvalue weighted by molar-refractivity contribution is 0.321. The number of hydrogen-bond acceptors (Lipinski definition) is 3. The van der Waals surface area contributed by atoms with E-state index in [1.54, 1.807) is 0 Å². The molecule has 1 atom stereocenters. The molecule has 0 radical (unpaired) electrons. The van der Waals surface area contributed by atoms with Gasteiger partial charge in [0.2, 0.25) is 5.96 Å². The first-order valence-corrected chi connectivity index (χ1v) is 5.63. The molecule has 0 spiro atoms. The van der Waals surface area contributed by atoms with Crippen molar-refractivity contribution >= 4 is 11.6 Å². The fourth-order valence-corrected chi connectivity index (χ4v) is 1.17. The summed E-state index contributed by atoms with van der Waals surface area (Å²) in [5.74, 6) is 6.00. The monoisotopic (exact) mass is 235 g/mol. The second-order valence-electron chi connectivity index (χ2n) is 4.14. The highest BCUT2D eigenvalue weighted by molar-refractivity contribution is 5.93. The molecular weight excluding hydrogens is 214 g/mol. The lowest BCUT2D eigenvalue weighted by Crippen LogP contribution is -2.37. The van der Waals surface area contributed by atoms with Crippen LogP contribution in [0.3, 0.4) is 0 Å². The number of rotatable bonds is 4. The summed E-state index contributed by atoms with van der Waals surface area (Å²) in [6.07, 6.45) is 0. The molecule has 0 aromatic heterocycles. The Bertz CT molecular complexity index is 347. The van der Waals surface area contributed by atoms with Gasteiger partial charge in [0.1, 0.15) is 0 Å². The molecule has 0 heterocycles. The van der Waals surface area contributed by atoms with E-state index in [4.69, 9.17) is 5.84 Å². The minimum Gasteiger partial charge on any atom is -0.325 e. The van der Waals surface area contributed by atoms with Crippen LogP contribution in [-0.4, -0.2) is 37.5 Å². The topological polar surface area (TPSA) is 65.7 Å². The predicted molar refractivity (Wildman–Crippen MR) is 72.8 cm³/mol. The van der Waals surface area contributed by atoms with Gasteiger partial charge in [-0.2, -0.15) is 0 Å². The zero-order valence-corrected chi connectivity index (χ0v) is 10.6. The van der Waals surface area contributed by atoms with Crippen molar-refractivity contribution in [2.45, 2.75) is 13.0 Å². The Labute approximate surface area is 103 Å². The summed E-state index contributed by atoms with van der Waals surface area (Å²) in [6, 6.07) is 10.2. The van der Waals surface area contributed by atoms with Crippen LogP contribution in [0.2, 0.25) is 0 Å². The van der Waals surface area contributed by atoms with Gasteiger partial charge in [-0.15, -0.1) is 0 Å². The number of hydrazine groups is 1. The first-order valence-electron chi connectivity index (χ1n) is 5.63. The Morgan fingerprint density at radius 3 is 2.53 bits per heavy atom. The summed E-state index contributed by atoms with van der Waals surface area (Å²) in [6.45, 7) is 2.80. The van der Waals surface area contributed by atoms with E-state index in [-0.39, 0.29) is 0 Å². The van der Waals surface area contributed by atoms with Gasteiger partial charge in [0.05, 0.1) is 6.54 Å². The second-order valence-corrected chi connectivity index (χ2v) is 4.14. The maximum Gasteiger partial charge on any atom is 0.210 e. The van der Waals surface area contributed by atoms with Gasteiger partial charge < -0.3 is 10.2 Å². The van der Waals surface area contributed by atoms with Gasteiger partial charge >= 0.3 is 0 Å². The molecule has 94 valence electrons. The fourth-order valence-electron chi connectivity index (χ4n) is 1.17. The van der Waals surface area contributed by atoms with E-state index in [1.165, 1.54) is 0 Å². The number of anilines is 1. The van der Waals surface area contributed by atoms with Crippen LogP contribution in [0.15, 0.2) is 35.3 Å². The zero-order valence-electron chi connectivity index (χ0n) is 10.6. The molecule has 1 aromatic carbocycles. The maximum atomic E-state index is 5.43. The van der Waals surface area contributed by atoms with Crippen molar-refractivity contribution in [3.8, 4) is 0 Å². The van der Waals surface area contributed by atoms with Gasteiger partial charge in [0.25, 0.3) is 0 Å². The molecule has 5 nitrogen and oxygen atoms in total. The van der Waals surface area contributed by atoms with Crippen molar-refractivity contribution in [1.82, 2.24) is 10.3 Å². The Hall–Kier alpha value is -1.59. The molecule has 4 N–H and O–H groups in total. The molecular formula is C12H21N5. The summed E-state index contributed by atoms with van der Waals surface area (Å²) in [5, 5.41) is 3.12. The predicted octanol–water partition coefficient (Wildman–Crippen LogP) is 0.868. The lowest BCUT2D eigenvalue weighted by Gasteiger charge is -2.18. The number of hydrogen-bond donors (Lipinski definition) is 3. The standard InChI is InChI=1S/C12H21N5/c1-10(17(2)3)9-14-12(16-13)15-11-7-5-4-6-8-11/h4-8,10H,9,13H2,1-3H3,(H2,14,15,16). The first-order chi connectivity index (χ1) is 8.13. The summed E-state index contributed by atoms with van der Waals surface area (Å²) in [5.41, 5.74) is 3.53. The average Bonchev–Trinajstić information content (AvgIpc) is 2.35. The molecule has 0 aliphatic heterocycles. The zero-order chi connectivity index (χ0) is 12.7. The third-order valence-corrected chi connectivity index (χ3v) is 2.57. The van der Waals surface area contributed by atoms with Crippen molar-refractivity contribution in [3.63, 3.8) is 0 Å². The minimum absolute atomic E-state index is 0.371. The normalized spacial score (nSPS) is 13.6. The summed E-state index contributed by atoms with van der Waals surface area (Å²) >= 11 is 0. The molecule has 0 aliphatic rings. The van der Waals surface area contributed by atoms with E-state index in [0.717, 1.165) is 5.69 Å². The number of para-hydroxylation sites is 1. The van der Waals surface area contributed by atoms with Crippen LogP contribution >= 0.6 is 0 Å². The summed E-state index contributed by atoms with van der Waals surface area (Å²) in [4.78, 5) is 6.50. The number of nitrogens with one attached hydrogen (secondary N) is 2. The molecule has 1 aromatic rings. The molecule has 1 unspecified atom stereocenters. The molecule has 0 bridgehead atoms. The van der Waals surface area contributed by atoms with Crippen LogP contribution in [0.5, 0.6) is 0 Å². The fraction of sp³-hybridized carbons (Fsp3) is 0.417. The van der Waals surface area contributed by atoms with E-state index in [9.17, 15) is 0 Å². The number of aliphatic imine (C=N–C) groups is 1. The van der Waals surface area contributed by atoms with Crippen molar-refractivity contribution in [2.75, 3.05) is 26.0 Å². The molecule has 0 amide bonds. The summed E-state index contributed by atoms with van der Waals surface area (Å²) in [7, 11) is 4.06. The van der Waals surface area contributed by atoms with Gasteiger partial charge in [-0.25, -0.2) is 5.84 Å². The molecule has 17 heavy (non-hydrogen) atoms. The average molecular weight is 235 g/mol. The quantitative estimate of drug-likeness (QED) is 0.313. The minimum atomic E-state index is 0.371. The van der Waals surface area contributed by atoms with E-state index in [1.807, 2.05) is 44.4 Å². The second kappa shape index (κ2) is 6.88. The third kappa shape index (κ3) is 4.84. The van der Waals surface area contributed by atoms with Crippen LogP contribution in [0.1, 0.15) is 6.92 Å². The largest absolute Gasteiger partial charge is 0.325 e. The van der Waals surface area contributed by atoms with Gasteiger partial charge in [-0.05, 0) is 33.2 Å². The number of nitrogens with zero attached hydrogens (tertiary/aromatic N) is 2. The third-order valence-electron chi connectivity index (χ3n) is 2.57. The highest BCUT2D eigenvalue weighted by Gasteiger charge is 2.04. The van der Waals surface area contributed by atoms with Crippen LogP contribution in [0.25, 0.3) is 0 Å². The van der Waals surface area contributed by atoms with Crippen LogP contribution in [0.4, 0.5) is 5.69 Å². The number of benzene rings is 1. The van der Waals surface area contributed by atoms with Crippen LogP contribution in [-0.2, 0) is 0 Å². The highest BCUT2D eigenvalue weighted by Crippen LogP contribution is 2.04. The van der Waals surface area contributed by atoms with Gasteiger partial charge in [0.15, 0.2) is 0 Å². The smallest absolute Gasteiger partial charge is 0.210 e. The number of nitrogens with two attached hydrogens (primary N) is 1. The van der Waals surface area contributed by atoms with Crippen molar-refractivity contribution in [1.29, 1.82) is 0 Å². The van der Waals surface area contributed by atoms with Crippen LogP contribution < -0.4 is 16.6 Å². The first kappa shape index (κ1) is 13.5.